The highest BCUT2D eigenvalue weighted by molar-refractivity contribution is 7.99. The molecule has 13 nitrogen and oxygen atoms in total. The molecule has 1 atom stereocenters. The van der Waals surface area contributed by atoms with Crippen LogP contribution in [0.5, 0.6) is 6.01 Å². The van der Waals surface area contributed by atoms with Crippen LogP contribution >= 0.6 is 11.8 Å². The van der Waals surface area contributed by atoms with Gasteiger partial charge in [-0.3, -0.25) is 15.1 Å². The predicted molar refractivity (Wildman–Crippen MR) is 142 cm³/mol. The van der Waals surface area contributed by atoms with Gasteiger partial charge in [0.25, 0.3) is 0 Å². The molecule has 0 amide bonds. The number of thioether (sulfide) groups is 1. The third-order valence-electron chi connectivity index (χ3n) is 5.91. The van der Waals surface area contributed by atoms with Crippen molar-refractivity contribution < 1.29 is 14.3 Å². The number of anilines is 3. The van der Waals surface area contributed by atoms with Gasteiger partial charge in [-0.2, -0.15) is 20.1 Å². The Hall–Kier alpha value is -3.91. The van der Waals surface area contributed by atoms with Crippen molar-refractivity contribution in [2.75, 3.05) is 56.4 Å². The lowest BCUT2D eigenvalue weighted by molar-refractivity contribution is -0.138. The Morgan fingerprint density at radius 3 is 2.81 bits per heavy atom. The van der Waals surface area contributed by atoms with Gasteiger partial charge in [0.2, 0.25) is 11.9 Å². The van der Waals surface area contributed by atoms with Gasteiger partial charge in [-0.1, -0.05) is 0 Å². The topological polar surface area (TPSA) is 137 Å². The van der Waals surface area contributed by atoms with Crippen molar-refractivity contribution in [3.05, 3.63) is 36.2 Å². The number of nitrogens with zero attached hydrogens (tertiary/aromatic N) is 8. The fourth-order valence-electron chi connectivity index (χ4n) is 4.07. The fraction of sp³-hybridized carbons (Fsp3) is 0.391. The predicted octanol–water partition coefficient (Wildman–Crippen LogP) is 2.02. The minimum Gasteiger partial charge on any atom is -0.467 e. The zero-order valence-corrected chi connectivity index (χ0v) is 21.6. The summed E-state index contributed by atoms with van der Waals surface area (Å²) in [4.78, 5) is 32.4. The molecule has 2 aromatic heterocycles. The molecule has 1 fully saturated rings. The Labute approximate surface area is 217 Å². The highest BCUT2D eigenvalue weighted by Crippen LogP contribution is 2.25. The molecule has 3 aromatic rings. The van der Waals surface area contributed by atoms with Crippen molar-refractivity contribution in [2.24, 2.45) is 4.99 Å². The van der Waals surface area contributed by atoms with Crippen molar-refractivity contribution in [3.63, 3.8) is 0 Å². The maximum atomic E-state index is 12.2. The highest BCUT2D eigenvalue weighted by atomic mass is 32.2. The van der Waals surface area contributed by atoms with Crippen LogP contribution in [0.25, 0.3) is 10.9 Å². The van der Waals surface area contributed by atoms with Crippen LogP contribution in [0, 0.1) is 0 Å². The molecule has 2 N–H and O–H groups in total. The summed E-state index contributed by atoms with van der Waals surface area (Å²) < 4.78 is 10.5. The number of hydrogen-bond donors (Lipinski definition) is 2. The minimum atomic E-state index is -0.376. The van der Waals surface area contributed by atoms with E-state index in [0.29, 0.717) is 50.3 Å². The first-order chi connectivity index (χ1) is 18.1. The number of piperazine rings is 1. The van der Waals surface area contributed by atoms with Gasteiger partial charge in [-0.25, -0.2) is 9.80 Å². The minimum absolute atomic E-state index is 0.148. The number of ether oxygens (including phenoxy) is 2. The lowest BCUT2D eigenvalue weighted by atomic mass is 10.2. The Morgan fingerprint density at radius 1 is 1.22 bits per heavy atom. The molecule has 0 spiro atoms. The Bertz CT molecular complexity index is 1320. The zero-order valence-electron chi connectivity index (χ0n) is 20.8. The van der Waals surface area contributed by atoms with Crippen molar-refractivity contribution in [1.82, 2.24) is 35.2 Å². The lowest BCUT2D eigenvalue weighted by Gasteiger charge is -2.43. The number of nitrogens with one attached hydrogen (secondary N) is 2. The number of rotatable bonds is 8. The van der Waals surface area contributed by atoms with Crippen molar-refractivity contribution in [2.45, 2.75) is 12.4 Å². The molecular formula is C23H28N10O3S. The summed E-state index contributed by atoms with van der Waals surface area (Å²) >= 11 is 1.59. The van der Waals surface area contributed by atoms with Gasteiger partial charge >= 0.3 is 12.0 Å². The van der Waals surface area contributed by atoms with E-state index in [9.17, 15) is 4.79 Å². The van der Waals surface area contributed by atoms with Gasteiger partial charge in [0.05, 0.1) is 31.0 Å². The van der Waals surface area contributed by atoms with Crippen molar-refractivity contribution >= 4 is 52.4 Å². The summed E-state index contributed by atoms with van der Waals surface area (Å²) in [6.45, 7) is 4.81. The smallest absolute Gasteiger partial charge is 0.341 e. The number of aromatic nitrogens is 5. The van der Waals surface area contributed by atoms with E-state index in [1.807, 2.05) is 35.7 Å². The zero-order chi connectivity index (χ0) is 25.8. The second kappa shape index (κ2) is 11.0. The third-order valence-corrected chi connectivity index (χ3v) is 6.67. The molecule has 14 heteroatoms. The van der Waals surface area contributed by atoms with E-state index >= 15 is 0 Å². The van der Waals surface area contributed by atoms with E-state index in [0.717, 1.165) is 16.6 Å². The van der Waals surface area contributed by atoms with Crippen LogP contribution in [-0.2, 0) is 9.53 Å². The monoisotopic (exact) mass is 524 g/mol. The van der Waals surface area contributed by atoms with E-state index in [1.165, 1.54) is 7.11 Å². The van der Waals surface area contributed by atoms with Gasteiger partial charge in [-0.05, 0) is 31.4 Å². The van der Waals surface area contributed by atoms with Crippen molar-refractivity contribution in [1.29, 1.82) is 0 Å². The summed E-state index contributed by atoms with van der Waals surface area (Å²) in [6.07, 6.45) is 7.15. The summed E-state index contributed by atoms with van der Waals surface area (Å²) in [5.41, 5.74) is 2.06. The van der Waals surface area contributed by atoms with Crippen LogP contribution < -0.4 is 15.0 Å². The largest absolute Gasteiger partial charge is 0.467 e. The van der Waals surface area contributed by atoms with Crippen LogP contribution in [0.2, 0.25) is 0 Å². The number of aromatic amines is 1. The fourth-order valence-corrected chi connectivity index (χ4v) is 4.67. The first-order valence-corrected chi connectivity index (χ1v) is 13.1. The summed E-state index contributed by atoms with van der Waals surface area (Å²) in [7, 11) is 1.53. The number of hydrogen-bond acceptors (Lipinski definition) is 13. The standard InChI is InChI=1S/C23H28N10O3S/c1-4-36-19(34)16-12-24-23(37-3)33(14-16)32-9-7-31(8-10-32)21-27-20(28-22(29-21)35-2)26-17-5-6-18-15(11-17)13-25-30-18/h5-6,11-14,23H,4,7-10H2,1-3H3,(H,25,30)(H,26,27,28,29). The van der Waals surface area contributed by atoms with Gasteiger partial charge in [0.1, 0.15) is 0 Å². The molecule has 0 bridgehead atoms. The Balaban J connectivity index is 1.29. The molecular weight excluding hydrogens is 496 g/mol. The van der Waals surface area contributed by atoms with E-state index < -0.39 is 0 Å². The summed E-state index contributed by atoms with van der Waals surface area (Å²) in [6, 6.07) is 6.07. The molecule has 194 valence electrons. The van der Waals surface area contributed by atoms with E-state index in [1.54, 1.807) is 31.1 Å². The van der Waals surface area contributed by atoms with Gasteiger partial charge in [0.15, 0.2) is 5.50 Å². The molecule has 2 aliphatic rings. The maximum absolute atomic E-state index is 12.2. The van der Waals surface area contributed by atoms with Gasteiger partial charge in [0, 0.05) is 49.7 Å². The van der Waals surface area contributed by atoms with Gasteiger partial charge < -0.3 is 19.7 Å². The highest BCUT2D eigenvalue weighted by Gasteiger charge is 2.30. The Morgan fingerprint density at radius 2 is 2.05 bits per heavy atom. The van der Waals surface area contributed by atoms with Crippen LogP contribution in [0.3, 0.4) is 0 Å². The van der Waals surface area contributed by atoms with Crippen LogP contribution in [-0.4, -0.2) is 99.0 Å². The number of H-pyrrole nitrogens is 1. The quantitative estimate of drug-likeness (QED) is 0.417. The first-order valence-electron chi connectivity index (χ1n) is 11.8. The number of fused-ring (bicyclic) bond motifs is 1. The molecule has 2 aliphatic heterocycles. The maximum Gasteiger partial charge on any atom is 0.341 e. The molecule has 0 saturated carbocycles. The van der Waals surface area contributed by atoms with Crippen LogP contribution in [0.1, 0.15) is 6.92 Å². The average molecular weight is 525 g/mol. The number of hydrazine groups is 1. The molecule has 4 heterocycles. The molecule has 0 aliphatic carbocycles. The van der Waals surface area contributed by atoms with Crippen LogP contribution in [0.15, 0.2) is 41.2 Å². The second-order valence-electron chi connectivity index (χ2n) is 8.21. The van der Waals surface area contributed by atoms with E-state index in [2.05, 4.69) is 45.4 Å². The normalized spacial score (nSPS) is 18.1. The average Bonchev–Trinajstić information content (AvgIpc) is 3.41. The molecule has 5 rings (SSSR count). The summed E-state index contributed by atoms with van der Waals surface area (Å²) in [5.74, 6) is 0.542. The molecule has 1 aromatic carbocycles. The molecule has 1 saturated heterocycles. The van der Waals surface area contributed by atoms with E-state index in [-0.39, 0.29) is 17.5 Å². The van der Waals surface area contributed by atoms with Gasteiger partial charge in [-0.15, -0.1) is 11.8 Å². The Kier molecular flexibility index (Phi) is 7.37. The number of methoxy groups -OCH3 is 1. The lowest BCUT2D eigenvalue weighted by Crippen LogP contribution is -2.55. The first kappa shape index (κ1) is 24.8. The number of aliphatic imine (C=N–C) groups is 1. The second-order valence-corrected chi connectivity index (χ2v) is 9.10. The summed E-state index contributed by atoms with van der Waals surface area (Å²) in [5, 5.41) is 15.4. The molecule has 1 unspecified atom stereocenters. The van der Waals surface area contributed by atoms with E-state index in [4.69, 9.17) is 9.47 Å². The number of benzene rings is 1. The number of carbonyl (C=O) groups excluding carboxylic acids is 1. The van der Waals surface area contributed by atoms with Crippen LogP contribution in [0.4, 0.5) is 17.6 Å². The van der Waals surface area contributed by atoms with Crippen molar-refractivity contribution in [3.8, 4) is 6.01 Å². The number of carbonyl (C=O) groups is 1. The number of esters is 1. The molecule has 37 heavy (non-hydrogen) atoms. The molecule has 0 radical (unpaired) electrons. The SMILES string of the molecule is CCOC(=O)C1=CN(N2CCN(c3nc(Nc4ccc5[nH]ncc5c4)nc(OC)n3)CC2)C(SC)N=C1. The third kappa shape index (κ3) is 5.44.